The molecule has 0 atom stereocenters. The third kappa shape index (κ3) is 4.02. The molecule has 0 bridgehead atoms. The summed E-state index contributed by atoms with van der Waals surface area (Å²) >= 11 is 0. The molecule has 1 aliphatic carbocycles. The molecule has 1 aromatic heterocycles. The summed E-state index contributed by atoms with van der Waals surface area (Å²) in [6.45, 7) is 9.66. The van der Waals surface area contributed by atoms with E-state index >= 15 is 0 Å². The molecule has 0 saturated heterocycles. The summed E-state index contributed by atoms with van der Waals surface area (Å²) in [6.07, 6.45) is 5.00. The van der Waals surface area contributed by atoms with Gasteiger partial charge in [0, 0.05) is 37.9 Å². The second-order valence-corrected chi connectivity index (χ2v) is 7.28. The van der Waals surface area contributed by atoms with Crippen LogP contribution in [0.2, 0.25) is 0 Å². The number of hydrogen-bond donors (Lipinski definition) is 2. The SMILES string of the molecule is CN=C(NCc1c(C)nn(C)c1C)NC1CCC(C)(C)CC1. The predicted molar refractivity (Wildman–Crippen MR) is 92.1 cm³/mol. The van der Waals surface area contributed by atoms with Gasteiger partial charge in [-0.15, -0.1) is 0 Å². The summed E-state index contributed by atoms with van der Waals surface area (Å²) in [4.78, 5) is 4.37. The maximum absolute atomic E-state index is 4.46. The third-order valence-electron chi connectivity index (χ3n) is 5.00. The van der Waals surface area contributed by atoms with Crippen molar-refractivity contribution in [1.82, 2.24) is 20.4 Å². The van der Waals surface area contributed by atoms with Gasteiger partial charge < -0.3 is 10.6 Å². The van der Waals surface area contributed by atoms with Crippen LogP contribution in [0, 0.1) is 19.3 Å². The molecule has 1 heterocycles. The normalized spacial score (nSPS) is 19.3. The first kappa shape index (κ1) is 16.8. The minimum atomic E-state index is 0.499. The Bertz CT molecular complexity index is 531. The summed E-state index contributed by atoms with van der Waals surface area (Å²) in [5, 5.41) is 11.5. The molecule has 1 fully saturated rings. The summed E-state index contributed by atoms with van der Waals surface area (Å²) in [5.74, 6) is 0.896. The first-order valence-corrected chi connectivity index (χ1v) is 8.28. The molecule has 0 unspecified atom stereocenters. The van der Waals surface area contributed by atoms with Crippen LogP contribution in [-0.2, 0) is 13.6 Å². The Balaban J connectivity index is 1.88. The Hall–Kier alpha value is -1.52. The smallest absolute Gasteiger partial charge is 0.191 e. The van der Waals surface area contributed by atoms with E-state index in [-0.39, 0.29) is 0 Å². The highest BCUT2D eigenvalue weighted by Gasteiger charge is 2.27. The molecule has 1 aromatic rings. The minimum Gasteiger partial charge on any atom is -0.354 e. The van der Waals surface area contributed by atoms with Crippen LogP contribution in [-0.4, -0.2) is 28.8 Å². The molecule has 5 heteroatoms. The van der Waals surface area contributed by atoms with Gasteiger partial charge in [0.15, 0.2) is 5.96 Å². The maximum Gasteiger partial charge on any atom is 0.191 e. The topological polar surface area (TPSA) is 54.2 Å². The van der Waals surface area contributed by atoms with Crippen molar-refractivity contribution in [3.05, 3.63) is 17.0 Å². The highest BCUT2D eigenvalue weighted by Crippen LogP contribution is 2.34. The highest BCUT2D eigenvalue weighted by molar-refractivity contribution is 5.80. The molecule has 2 rings (SSSR count). The number of aryl methyl sites for hydroxylation is 2. The zero-order valence-electron chi connectivity index (χ0n) is 15.0. The molecule has 22 heavy (non-hydrogen) atoms. The van der Waals surface area contributed by atoms with Gasteiger partial charge in [0.2, 0.25) is 0 Å². The Labute approximate surface area is 134 Å². The molecule has 5 nitrogen and oxygen atoms in total. The second-order valence-electron chi connectivity index (χ2n) is 7.28. The summed E-state index contributed by atoms with van der Waals surface area (Å²) < 4.78 is 1.94. The minimum absolute atomic E-state index is 0.499. The van der Waals surface area contributed by atoms with Crippen molar-refractivity contribution in [2.45, 2.75) is 66.0 Å². The van der Waals surface area contributed by atoms with Crippen molar-refractivity contribution < 1.29 is 0 Å². The maximum atomic E-state index is 4.46. The summed E-state index contributed by atoms with van der Waals surface area (Å²) in [7, 11) is 3.83. The van der Waals surface area contributed by atoms with Crippen LogP contribution >= 0.6 is 0 Å². The number of aromatic nitrogens is 2. The number of rotatable bonds is 3. The molecular weight excluding hydrogens is 274 g/mol. The van der Waals surface area contributed by atoms with Crippen LogP contribution < -0.4 is 10.6 Å². The predicted octanol–water partition coefficient (Wildman–Crippen LogP) is 2.67. The first-order chi connectivity index (χ1) is 10.3. The van der Waals surface area contributed by atoms with Crippen molar-refractivity contribution in [2.24, 2.45) is 17.5 Å². The van der Waals surface area contributed by atoms with E-state index in [4.69, 9.17) is 0 Å². The first-order valence-electron chi connectivity index (χ1n) is 8.28. The fraction of sp³-hybridized carbons (Fsp3) is 0.765. The van der Waals surface area contributed by atoms with Crippen LogP contribution in [0.1, 0.15) is 56.5 Å². The van der Waals surface area contributed by atoms with Crippen molar-refractivity contribution in [3.63, 3.8) is 0 Å². The zero-order valence-corrected chi connectivity index (χ0v) is 15.0. The highest BCUT2D eigenvalue weighted by atomic mass is 15.3. The van der Waals surface area contributed by atoms with E-state index in [0.29, 0.717) is 11.5 Å². The van der Waals surface area contributed by atoms with Gasteiger partial charge in [0.25, 0.3) is 0 Å². The molecule has 0 radical (unpaired) electrons. The van der Waals surface area contributed by atoms with Crippen molar-refractivity contribution >= 4 is 5.96 Å². The number of nitrogens with one attached hydrogen (secondary N) is 2. The molecule has 0 aromatic carbocycles. The van der Waals surface area contributed by atoms with Crippen LogP contribution in [0.5, 0.6) is 0 Å². The van der Waals surface area contributed by atoms with Gasteiger partial charge >= 0.3 is 0 Å². The van der Waals surface area contributed by atoms with E-state index in [1.807, 2.05) is 18.8 Å². The third-order valence-corrected chi connectivity index (χ3v) is 5.00. The molecule has 0 spiro atoms. The molecule has 1 saturated carbocycles. The molecular formula is C17H31N5. The van der Waals surface area contributed by atoms with Crippen molar-refractivity contribution in [3.8, 4) is 0 Å². The zero-order chi connectivity index (χ0) is 16.3. The van der Waals surface area contributed by atoms with E-state index in [1.54, 1.807) is 0 Å². The van der Waals surface area contributed by atoms with Crippen molar-refractivity contribution in [1.29, 1.82) is 0 Å². The fourth-order valence-electron chi connectivity index (χ4n) is 3.18. The van der Waals surface area contributed by atoms with Gasteiger partial charge in [0.1, 0.15) is 0 Å². The largest absolute Gasteiger partial charge is 0.354 e. The van der Waals surface area contributed by atoms with Crippen LogP contribution in [0.25, 0.3) is 0 Å². The number of hydrogen-bond acceptors (Lipinski definition) is 2. The second kappa shape index (κ2) is 6.71. The lowest BCUT2D eigenvalue weighted by Gasteiger charge is -2.35. The van der Waals surface area contributed by atoms with Gasteiger partial charge in [-0.2, -0.15) is 5.10 Å². The standard InChI is InChI=1S/C17H31N5/c1-12-15(13(2)22(6)21-12)11-19-16(18-5)20-14-7-9-17(3,4)10-8-14/h14H,7-11H2,1-6H3,(H2,18,19,20). The quantitative estimate of drug-likeness (QED) is 0.667. The Morgan fingerprint density at radius 2 is 1.95 bits per heavy atom. The van der Waals surface area contributed by atoms with Crippen molar-refractivity contribution in [2.75, 3.05) is 7.05 Å². The van der Waals surface area contributed by atoms with Gasteiger partial charge in [-0.1, -0.05) is 13.8 Å². The molecule has 2 N–H and O–H groups in total. The van der Waals surface area contributed by atoms with E-state index in [1.165, 1.54) is 36.9 Å². The lowest BCUT2D eigenvalue weighted by Crippen LogP contribution is -2.45. The average molecular weight is 305 g/mol. The van der Waals surface area contributed by atoms with Gasteiger partial charge in [-0.3, -0.25) is 9.67 Å². The Morgan fingerprint density at radius 1 is 1.32 bits per heavy atom. The van der Waals surface area contributed by atoms with E-state index in [9.17, 15) is 0 Å². The van der Waals surface area contributed by atoms with E-state index < -0.39 is 0 Å². The monoisotopic (exact) mass is 305 g/mol. The van der Waals surface area contributed by atoms with Gasteiger partial charge in [-0.05, 0) is 44.9 Å². The average Bonchev–Trinajstić information content (AvgIpc) is 2.70. The van der Waals surface area contributed by atoms with Crippen LogP contribution in [0.15, 0.2) is 4.99 Å². The van der Waals surface area contributed by atoms with Gasteiger partial charge in [0.05, 0.1) is 5.69 Å². The number of aliphatic imine (C=N–C) groups is 1. The fourth-order valence-corrected chi connectivity index (χ4v) is 3.18. The van der Waals surface area contributed by atoms with E-state index in [2.05, 4.69) is 48.4 Å². The molecule has 1 aliphatic rings. The molecule has 0 amide bonds. The summed E-state index contributed by atoms with van der Waals surface area (Å²) in [5.41, 5.74) is 4.05. The Morgan fingerprint density at radius 3 is 2.45 bits per heavy atom. The van der Waals surface area contributed by atoms with Gasteiger partial charge in [-0.25, -0.2) is 0 Å². The number of guanidine groups is 1. The number of nitrogens with zero attached hydrogens (tertiary/aromatic N) is 3. The molecule has 0 aliphatic heterocycles. The molecule has 124 valence electrons. The summed E-state index contributed by atoms with van der Waals surface area (Å²) in [6, 6.07) is 0.537. The lowest BCUT2D eigenvalue weighted by molar-refractivity contribution is 0.216. The Kier molecular flexibility index (Phi) is 5.14. The lowest BCUT2D eigenvalue weighted by atomic mass is 9.75. The van der Waals surface area contributed by atoms with Crippen LogP contribution in [0.4, 0.5) is 0 Å². The van der Waals surface area contributed by atoms with Crippen LogP contribution in [0.3, 0.4) is 0 Å². The van der Waals surface area contributed by atoms with E-state index in [0.717, 1.165) is 18.2 Å².